The van der Waals surface area contributed by atoms with E-state index in [4.69, 9.17) is 0 Å². The summed E-state index contributed by atoms with van der Waals surface area (Å²) in [6, 6.07) is 1.55. The quantitative estimate of drug-likeness (QED) is 0.637. The highest BCUT2D eigenvalue weighted by atomic mass is 15.3. The molecule has 88 valence electrons. The summed E-state index contributed by atoms with van der Waals surface area (Å²) in [7, 11) is 0. The lowest BCUT2D eigenvalue weighted by atomic mass is 9.77. The second kappa shape index (κ2) is 3.23. The van der Waals surface area contributed by atoms with Gasteiger partial charge in [-0.15, -0.1) is 0 Å². The molecule has 0 aromatic rings. The summed E-state index contributed by atoms with van der Waals surface area (Å²) >= 11 is 0. The fourth-order valence-corrected chi connectivity index (χ4v) is 4.35. The molecule has 2 aliphatic rings. The van der Waals surface area contributed by atoms with Crippen molar-refractivity contribution < 1.29 is 0 Å². The van der Waals surface area contributed by atoms with Crippen LogP contribution in [0.25, 0.3) is 0 Å². The van der Waals surface area contributed by atoms with Crippen LogP contribution in [0.3, 0.4) is 0 Å². The lowest BCUT2D eigenvalue weighted by molar-refractivity contribution is 0.0882. The van der Waals surface area contributed by atoms with Gasteiger partial charge in [0.1, 0.15) is 0 Å². The zero-order valence-electron chi connectivity index (χ0n) is 11.3. The van der Waals surface area contributed by atoms with Crippen LogP contribution >= 0.6 is 0 Å². The summed E-state index contributed by atoms with van der Waals surface area (Å²) in [4.78, 5) is 2.78. The highest BCUT2D eigenvalue weighted by Crippen LogP contribution is 2.55. The first-order chi connectivity index (χ1) is 6.76. The van der Waals surface area contributed by atoms with E-state index in [1.54, 1.807) is 0 Å². The minimum absolute atomic E-state index is 0.418. The van der Waals surface area contributed by atoms with Crippen LogP contribution in [0.1, 0.15) is 60.8 Å². The second-order valence-corrected chi connectivity index (χ2v) is 7.22. The van der Waals surface area contributed by atoms with Crippen LogP contribution in [0.4, 0.5) is 0 Å². The van der Waals surface area contributed by atoms with Crippen molar-refractivity contribution in [3.8, 4) is 0 Å². The van der Waals surface area contributed by atoms with E-state index in [2.05, 4.69) is 46.4 Å². The summed E-state index contributed by atoms with van der Waals surface area (Å²) in [5, 5.41) is 0. The second-order valence-electron chi connectivity index (χ2n) is 7.22. The maximum Gasteiger partial charge on any atom is 0.0162 e. The Kier molecular flexibility index (Phi) is 2.46. The van der Waals surface area contributed by atoms with Crippen LogP contribution in [0.2, 0.25) is 0 Å². The van der Waals surface area contributed by atoms with Gasteiger partial charge in [0.25, 0.3) is 0 Å². The molecule has 1 nitrogen and oxygen atoms in total. The predicted molar refractivity (Wildman–Crippen MR) is 66.0 cm³/mol. The minimum Gasteiger partial charge on any atom is -0.293 e. The van der Waals surface area contributed by atoms with Crippen molar-refractivity contribution in [2.45, 2.75) is 78.4 Å². The van der Waals surface area contributed by atoms with Gasteiger partial charge in [-0.1, -0.05) is 13.8 Å². The molecule has 0 amide bonds. The van der Waals surface area contributed by atoms with Gasteiger partial charge in [-0.05, 0) is 58.3 Å². The van der Waals surface area contributed by atoms with Gasteiger partial charge >= 0.3 is 0 Å². The van der Waals surface area contributed by atoms with E-state index in [0.29, 0.717) is 17.0 Å². The molecule has 1 saturated carbocycles. The Balaban J connectivity index is 2.28. The van der Waals surface area contributed by atoms with E-state index in [0.717, 1.165) is 12.0 Å². The van der Waals surface area contributed by atoms with Gasteiger partial charge in [0.2, 0.25) is 0 Å². The number of fused-ring (bicyclic) bond motifs is 1. The Bertz CT molecular complexity index is 252. The lowest BCUT2D eigenvalue weighted by Crippen LogP contribution is -2.47. The number of rotatable bonds is 1. The van der Waals surface area contributed by atoms with E-state index >= 15 is 0 Å². The van der Waals surface area contributed by atoms with Crippen molar-refractivity contribution in [2.24, 2.45) is 11.3 Å². The summed E-state index contributed by atoms with van der Waals surface area (Å²) in [5.41, 5.74) is 0.993. The average molecular weight is 209 g/mol. The first-order valence-corrected chi connectivity index (χ1v) is 6.54. The molecule has 1 aliphatic carbocycles. The first-order valence-electron chi connectivity index (χ1n) is 6.54. The molecule has 0 aromatic carbocycles. The van der Waals surface area contributed by atoms with Crippen LogP contribution in [-0.2, 0) is 0 Å². The van der Waals surface area contributed by atoms with E-state index in [9.17, 15) is 0 Å². The standard InChI is InChI=1S/C14H27N/c1-10(2)15-12-7-8-13(3,4)11(12)9-14(15,5)6/h10-12H,7-9H2,1-6H3. The van der Waals surface area contributed by atoms with Gasteiger partial charge in [-0.2, -0.15) is 0 Å². The fraction of sp³-hybridized carbons (Fsp3) is 1.00. The van der Waals surface area contributed by atoms with E-state index in [-0.39, 0.29) is 0 Å². The molecule has 15 heavy (non-hydrogen) atoms. The van der Waals surface area contributed by atoms with Crippen molar-refractivity contribution in [1.82, 2.24) is 4.90 Å². The Labute approximate surface area is 95.2 Å². The van der Waals surface area contributed by atoms with Crippen LogP contribution in [0.15, 0.2) is 0 Å². The van der Waals surface area contributed by atoms with E-state index < -0.39 is 0 Å². The van der Waals surface area contributed by atoms with E-state index in [1.807, 2.05) is 0 Å². The Morgan fingerprint density at radius 1 is 1.13 bits per heavy atom. The minimum atomic E-state index is 0.418. The first kappa shape index (κ1) is 11.4. The zero-order chi connectivity index (χ0) is 11.4. The summed E-state index contributed by atoms with van der Waals surface area (Å²) < 4.78 is 0. The van der Waals surface area contributed by atoms with Gasteiger partial charge < -0.3 is 0 Å². The van der Waals surface area contributed by atoms with Gasteiger partial charge in [0.05, 0.1) is 0 Å². The monoisotopic (exact) mass is 209 g/mol. The molecule has 1 aliphatic heterocycles. The van der Waals surface area contributed by atoms with Crippen molar-refractivity contribution in [3.63, 3.8) is 0 Å². The molecule has 0 bridgehead atoms. The lowest BCUT2D eigenvalue weighted by Gasteiger charge is -2.38. The van der Waals surface area contributed by atoms with Gasteiger partial charge in [0.15, 0.2) is 0 Å². The Morgan fingerprint density at radius 3 is 2.27 bits per heavy atom. The van der Waals surface area contributed by atoms with Crippen LogP contribution in [0.5, 0.6) is 0 Å². The van der Waals surface area contributed by atoms with Crippen molar-refractivity contribution in [1.29, 1.82) is 0 Å². The maximum absolute atomic E-state index is 2.78. The predicted octanol–water partition coefficient (Wildman–Crippen LogP) is 3.68. The summed E-state index contributed by atoms with van der Waals surface area (Å²) in [6.45, 7) is 14.5. The largest absolute Gasteiger partial charge is 0.293 e. The molecule has 1 saturated heterocycles. The molecule has 2 rings (SSSR count). The molecule has 0 aromatic heterocycles. The smallest absolute Gasteiger partial charge is 0.0162 e. The van der Waals surface area contributed by atoms with Crippen LogP contribution < -0.4 is 0 Å². The highest BCUT2D eigenvalue weighted by Gasteiger charge is 2.55. The molecule has 2 unspecified atom stereocenters. The number of likely N-dealkylation sites (tertiary alicyclic amines) is 1. The average Bonchev–Trinajstić information content (AvgIpc) is 2.45. The van der Waals surface area contributed by atoms with Gasteiger partial charge in [-0.3, -0.25) is 4.90 Å². The van der Waals surface area contributed by atoms with Crippen molar-refractivity contribution in [2.75, 3.05) is 0 Å². The van der Waals surface area contributed by atoms with E-state index in [1.165, 1.54) is 19.3 Å². The molecule has 0 radical (unpaired) electrons. The fourth-order valence-electron chi connectivity index (χ4n) is 4.35. The molecular weight excluding hydrogens is 182 g/mol. The Morgan fingerprint density at radius 2 is 1.73 bits per heavy atom. The maximum atomic E-state index is 2.78. The molecular formula is C14H27N. The summed E-state index contributed by atoms with van der Waals surface area (Å²) in [6.07, 6.45) is 4.23. The zero-order valence-corrected chi connectivity index (χ0v) is 11.3. The molecule has 0 N–H and O–H groups in total. The molecule has 2 fully saturated rings. The number of hydrogen-bond donors (Lipinski definition) is 0. The van der Waals surface area contributed by atoms with Crippen molar-refractivity contribution in [3.05, 3.63) is 0 Å². The topological polar surface area (TPSA) is 3.24 Å². The highest BCUT2D eigenvalue weighted by molar-refractivity contribution is 5.08. The van der Waals surface area contributed by atoms with Gasteiger partial charge in [0, 0.05) is 17.6 Å². The third-order valence-electron chi connectivity index (χ3n) is 4.88. The molecule has 0 spiro atoms. The Hall–Kier alpha value is -0.0400. The SMILES string of the molecule is CC(C)N1C2CCC(C)(C)C2CC1(C)C. The number of hydrogen-bond acceptors (Lipinski definition) is 1. The molecule has 1 heterocycles. The normalized spacial score (nSPS) is 38.6. The van der Waals surface area contributed by atoms with Crippen LogP contribution in [0, 0.1) is 11.3 Å². The third kappa shape index (κ3) is 1.63. The molecule has 2 atom stereocenters. The molecule has 1 heteroatoms. The third-order valence-corrected chi connectivity index (χ3v) is 4.88. The van der Waals surface area contributed by atoms with Crippen molar-refractivity contribution >= 4 is 0 Å². The number of nitrogens with zero attached hydrogens (tertiary/aromatic N) is 1. The summed E-state index contributed by atoms with van der Waals surface area (Å²) in [5.74, 6) is 0.926. The van der Waals surface area contributed by atoms with Crippen LogP contribution in [-0.4, -0.2) is 22.5 Å². The van der Waals surface area contributed by atoms with Gasteiger partial charge in [-0.25, -0.2) is 0 Å².